The van der Waals surface area contributed by atoms with Crippen LogP contribution in [-0.2, 0) is 36.5 Å². The van der Waals surface area contributed by atoms with Gasteiger partial charge in [0.25, 0.3) is 10.1 Å². The molecule has 0 aliphatic carbocycles. The fourth-order valence-electron chi connectivity index (χ4n) is 5.42. The zero-order valence-electron chi connectivity index (χ0n) is 29.1. The average Bonchev–Trinajstić information content (AvgIpc) is 3.09. The SMILES string of the molecule is CC(=O)Nc1ccc(O)cc1.CCC(=O)OC(Cc1ccccc1)(c1ccccc1)C(C)CN(C)C.O=S(=O)(O)c1ccc2ccccc2c1. The first-order valence-corrected chi connectivity index (χ1v) is 17.7. The summed E-state index contributed by atoms with van der Waals surface area (Å²) in [6.07, 6.45) is 1.04. The maximum atomic E-state index is 12.3. The summed E-state index contributed by atoms with van der Waals surface area (Å²) in [7, 11) is 0.00971. The second kappa shape index (κ2) is 18.7. The summed E-state index contributed by atoms with van der Waals surface area (Å²) < 4.78 is 36.7. The van der Waals surface area contributed by atoms with E-state index in [4.69, 9.17) is 14.4 Å². The number of anilines is 1. The average molecular weight is 699 g/mol. The Hall–Kier alpha value is -5.03. The lowest BCUT2D eigenvalue weighted by Crippen LogP contribution is -2.44. The molecule has 0 spiro atoms. The van der Waals surface area contributed by atoms with Crippen LogP contribution in [0.1, 0.15) is 38.3 Å². The highest BCUT2D eigenvalue weighted by Gasteiger charge is 2.42. The molecule has 2 unspecified atom stereocenters. The van der Waals surface area contributed by atoms with E-state index in [2.05, 4.69) is 55.5 Å². The molecule has 5 rings (SSSR count). The Labute approximate surface area is 295 Å². The number of phenols is 1. The summed E-state index contributed by atoms with van der Waals surface area (Å²) in [5.41, 5.74) is 2.23. The molecule has 5 aromatic rings. The van der Waals surface area contributed by atoms with Crippen molar-refractivity contribution in [3.8, 4) is 5.75 Å². The number of esters is 1. The van der Waals surface area contributed by atoms with Crippen LogP contribution in [-0.4, -0.2) is 55.5 Å². The van der Waals surface area contributed by atoms with E-state index in [9.17, 15) is 18.0 Å². The van der Waals surface area contributed by atoms with Gasteiger partial charge in [-0.15, -0.1) is 0 Å². The van der Waals surface area contributed by atoms with Gasteiger partial charge in [0, 0.05) is 37.9 Å². The van der Waals surface area contributed by atoms with Crippen molar-refractivity contribution in [3.63, 3.8) is 0 Å². The molecule has 0 aliphatic heterocycles. The molecule has 5 aromatic carbocycles. The molecule has 0 saturated carbocycles. The van der Waals surface area contributed by atoms with Crippen LogP contribution in [0, 0.1) is 5.92 Å². The number of rotatable bonds is 10. The number of carbonyl (C=O) groups is 2. The van der Waals surface area contributed by atoms with Crippen molar-refractivity contribution in [1.29, 1.82) is 0 Å². The Morgan fingerprint density at radius 1 is 0.820 bits per heavy atom. The Morgan fingerprint density at radius 3 is 1.92 bits per heavy atom. The van der Waals surface area contributed by atoms with E-state index in [1.54, 1.807) is 24.3 Å². The fraction of sp³-hybridized carbons (Fsp3) is 0.250. The highest BCUT2D eigenvalue weighted by Crippen LogP contribution is 2.38. The molecule has 9 nitrogen and oxygen atoms in total. The standard InChI is InChI=1S/C22H29NO2.C10H8O3S.C8H9NO2/c1-5-21(24)25-22(18(2)17-23(3)4,20-14-10-7-11-15-20)16-19-12-8-6-9-13-19;11-14(12,13)10-6-5-8-3-1-2-4-9(8)7-10;1-6(10)9-7-2-4-8(11)5-3-7/h6-15,18H,5,16-17H2,1-4H3;1-7H,(H,11,12,13);2-5,11H,1H3,(H,9,10). The number of aromatic hydroxyl groups is 1. The van der Waals surface area contributed by atoms with Crippen LogP contribution in [0.15, 0.2) is 132 Å². The topological polar surface area (TPSA) is 133 Å². The van der Waals surface area contributed by atoms with E-state index >= 15 is 0 Å². The van der Waals surface area contributed by atoms with Gasteiger partial charge >= 0.3 is 5.97 Å². The van der Waals surface area contributed by atoms with Crippen molar-refractivity contribution >= 4 is 38.5 Å². The smallest absolute Gasteiger partial charge is 0.306 e. The number of phenolic OH excluding ortho intramolecular Hbond substituents is 1. The van der Waals surface area contributed by atoms with E-state index in [0.29, 0.717) is 18.5 Å². The van der Waals surface area contributed by atoms with Crippen LogP contribution >= 0.6 is 0 Å². The van der Waals surface area contributed by atoms with Gasteiger partial charge < -0.3 is 20.1 Å². The summed E-state index contributed by atoms with van der Waals surface area (Å²) in [5.74, 6) is 0.0563. The van der Waals surface area contributed by atoms with Crippen molar-refractivity contribution in [1.82, 2.24) is 4.90 Å². The minimum absolute atomic E-state index is 0.0730. The van der Waals surface area contributed by atoms with E-state index in [0.717, 1.165) is 22.9 Å². The van der Waals surface area contributed by atoms with Crippen LogP contribution < -0.4 is 5.32 Å². The molecule has 0 heterocycles. The Balaban J connectivity index is 0.000000226. The lowest BCUT2D eigenvalue weighted by molar-refractivity contribution is -0.168. The maximum Gasteiger partial charge on any atom is 0.306 e. The van der Waals surface area contributed by atoms with E-state index in [1.165, 1.54) is 36.8 Å². The van der Waals surface area contributed by atoms with Crippen LogP contribution in [0.2, 0.25) is 0 Å². The second-order valence-electron chi connectivity index (χ2n) is 12.1. The molecule has 1 amide bonds. The van der Waals surface area contributed by atoms with Gasteiger partial charge in [0.1, 0.15) is 11.4 Å². The number of nitrogens with zero attached hydrogens (tertiary/aromatic N) is 1. The lowest BCUT2D eigenvalue weighted by Gasteiger charge is -2.40. The van der Waals surface area contributed by atoms with Crippen molar-refractivity contribution in [3.05, 3.63) is 139 Å². The van der Waals surface area contributed by atoms with Crippen LogP contribution in [0.5, 0.6) is 5.75 Å². The number of carbonyl (C=O) groups excluding carboxylic acids is 2. The van der Waals surface area contributed by atoms with Crippen LogP contribution in [0.25, 0.3) is 10.8 Å². The number of hydrogen-bond acceptors (Lipinski definition) is 7. The zero-order chi connectivity index (χ0) is 36.7. The first-order chi connectivity index (χ1) is 23.7. The van der Waals surface area contributed by atoms with Crippen molar-refractivity contribution < 1.29 is 32.4 Å². The third-order valence-electron chi connectivity index (χ3n) is 7.80. The number of amides is 1. The van der Waals surface area contributed by atoms with Gasteiger partial charge in [-0.1, -0.05) is 105 Å². The monoisotopic (exact) mass is 698 g/mol. The summed E-state index contributed by atoms with van der Waals surface area (Å²) in [6.45, 7) is 6.28. The molecule has 0 saturated heterocycles. The van der Waals surface area contributed by atoms with Gasteiger partial charge in [-0.2, -0.15) is 8.42 Å². The molecule has 0 aliphatic rings. The van der Waals surface area contributed by atoms with Gasteiger partial charge in [0.05, 0.1) is 4.90 Å². The predicted molar refractivity (Wildman–Crippen MR) is 199 cm³/mol. The first-order valence-electron chi connectivity index (χ1n) is 16.2. The third-order valence-corrected chi connectivity index (χ3v) is 8.65. The number of ether oxygens (including phenoxy) is 1. The lowest BCUT2D eigenvalue weighted by atomic mass is 9.77. The van der Waals surface area contributed by atoms with Crippen LogP contribution in [0.4, 0.5) is 5.69 Å². The summed E-state index contributed by atoms with van der Waals surface area (Å²) in [6, 6.07) is 38.6. The van der Waals surface area contributed by atoms with E-state index in [1.807, 2.05) is 61.5 Å². The molecule has 0 fully saturated rings. The number of hydrogen-bond donors (Lipinski definition) is 3. The molecular formula is C40H46N2O7S. The fourth-order valence-corrected chi connectivity index (χ4v) is 5.94. The number of benzene rings is 5. The summed E-state index contributed by atoms with van der Waals surface area (Å²) in [4.78, 5) is 24.9. The zero-order valence-corrected chi connectivity index (χ0v) is 29.9. The van der Waals surface area contributed by atoms with Gasteiger partial charge in [0.2, 0.25) is 5.91 Å². The van der Waals surface area contributed by atoms with E-state index in [-0.39, 0.29) is 28.4 Å². The Morgan fingerprint density at radius 2 is 1.38 bits per heavy atom. The highest BCUT2D eigenvalue weighted by molar-refractivity contribution is 7.85. The number of nitrogens with one attached hydrogen (secondary N) is 1. The largest absolute Gasteiger partial charge is 0.508 e. The predicted octanol–water partition coefficient (Wildman–Crippen LogP) is 7.71. The molecule has 2 atom stereocenters. The molecule has 10 heteroatoms. The molecule has 0 radical (unpaired) electrons. The maximum absolute atomic E-state index is 12.3. The van der Waals surface area contributed by atoms with Gasteiger partial charge in [0.15, 0.2) is 0 Å². The molecule has 0 bridgehead atoms. The van der Waals surface area contributed by atoms with Gasteiger partial charge in [-0.3, -0.25) is 14.1 Å². The van der Waals surface area contributed by atoms with E-state index < -0.39 is 15.7 Å². The molecule has 3 N–H and O–H groups in total. The molecule has 50 heavy (non-hydrogen) atoms. The molecular weight excluding hydrogens is 653 g/mol. The van der Waals surface area contributed by atoms with Crippen molar-refractivity contribution in [2.75, 3.05) is 26.0 Å². The van der Waals surface area contributed by atoms with Crippen LogP contribution in [0.3, 0.4) is 0 Å². The highest BCUT2D eigenvalue weighted by atomic mass is 32.2. The normalized spacial score (nSPS) is 12.7. The Kier molecular flexibility index (Phi) is 14.7. The van der Waals surface area contributed by atoms with Crippen molar-refractivity contribution in [2.24, 2.45) is 5.92 Å². The molecule has 264 valence electrons. The third kappa shape index (κ3) is 12.1. The van der Waals surface area contributed by atoms with Crippen molar-refractivity contribution in [2.45, 2.75) is 44.1 Å². The summed E-state index contributed by atoms with van der Waals surface area (Å²) >= 11 is 0. The van der Waals surface area contributed by atoms with Gasteiger partial charge in [-0.05, 0) is 72.4 Å². The minimum Gasteiger partial charge on any atom is -0.508 e. The first kappa shape index (κ1) is 39.4. The Bertz CT molecular complexity index is 1920. The molecule has 0 aromatic heterocycles. The quantitative estimate of drug-likeness (QED) is 0.0768. The minimum atomic E-state index is -4.09. The summed E-state index contributed by atoms with van der Waals surface area (Å²) in [5, 5.41) is 13.2. The number of fused-ring (bicyclic) bond motifs is 1. The van der Waals surface area contributed by atoms with Gasteiger partial charge in [-0.25, -0.2) is 0 Å². The second-order valence-corrected chi connectivity index (χ2v) is 13.5.